The second-order valence-electron chi connectivity index (χ2n) is 4.26. The van der Waals surface area contributed by atoms with E-state index in [1.165, 1.54) is 0 Å². The molecule has 2 rings (SSSR count). The van der Waals surface area contributed by atoms with Crippen LogP contribution in [0.1, 0.15) is 13.3 Å². The predicted molar refractivity (Wildman–Crippen MR) is 82.7 cm³/mol. The Bertz CT molecular complexity index is 594. The number of hydrogen-bond donors (Lipinski definition) is 0. The zero-order valence-electron chi connectivity index (χ0n) is 11.0. The normalized spacial score (nSPS) is 10.8. The summed E-state index contributed by atoms with van der Waals surface area (Å²) >= 11 is 0. The molecule has 0 aliphatic rings. The molecule has 0 aliphatic carbocycles. The van der Waals surface area contributed by atoms with Crippen molar-refractivity contribution >= 4 is 17.8 Å². The summed E-state index contributed by atoms with van der Waals surface area (Å²) in [7, 11) is -2.79. The molecule has 0 aromatic heterocycles. The monoisotopic (exact) mass is 268 g/mol. The van der Waals surface area contributed by atoms with Gasteiger partial charge in [0.25, 0.3) is 0 Å². The molecule has 0 radical (unpaired) electrons. The van der Waals surface area contributed by atoms with Gasteiger partial charge in [-0.25, -0.2) is 0 Å². The molecule has 96 valence electrons. The van der Waals surface area contributed by atoms with E-state index in [9.17, 15) is 4.57 Å². The van der Waals surface area contributed by atoms with E-state index in [4.69, 9.17) is 0 Å². The molecule has 0 aliphatic heterocycles. The average molecular weight is 268 g/mol. The fourth-order valence-corrected chi connectivity index (χ4v) is 4.97. The minimum Gasteiger partial charge on any atom is -0.308 e. The Morgan fingerprint density at radius 3 is 1.74 bits per heavy atom. The lowest BCUT2D eigenvalue weighted by Gasteiger charge is -2.20. The molecular weight excluding hydrogens is 251 g/mol. The Hall–Kier alpha value is -1.81. The first kappa shape index (κ1) is 13.6. The van der Waals surface area contributed by atoms with Crippen LogP contribution in [-0.2, 0) is 4.57 Å². The molecule has 1 nitrogen and oxygen atoms in total. The standard InChI is InChI=1S/C17H17OP/c1-3-15(4-2)19(18,16-11-7-5-8-12-16)17-13-9-6-10-14-17/h5-14H,1,4H2,2H3. The van der Waals surface area contributed by atoms with E-state index in [1.54, 1.807) is 0 Å². The van der Waals surface area contributed by atoms with Crippen LogP contribution < -0.4 is 10.6 Å². The minimum absolute atomic E-state index is 0.685. The van der Waals surface area contributed by atoms with Crippen LogP contribution in [0.15, 0.2) is 78.3 Å². The van der Waals surface area contributed by atoms with Crippen molar-refractivity contribution in [2.24, 2.45) is 0 Å². The summed E-state index contributed by atoms with van der Waals surface area (Å²) in [6, 6.07) is 19.2. The molecule has 0 amide bonds. The largest absolute Gasteiger partial charge is 0.308 e. The molecule has 19 heavy (non-hydrogen) atoms. The van der Waals surface area contributed by atoms with Crippen molar-refractivity contribution in [2.45, 2.75) is 13.3 Å². The van der Waals surface area contributed by atoms with Gasteiger partial charge in [-0.05, 0) is 6.42 Å². The first-order valence-electron chi connectivity index (χ1n) is 6.34. The first-order chi connectivity index (χ1) is 9.23. The molecule has 0 heterocycles. The maximum atomic E-state index is 13.6. The van der Waals surface area contributed by atoms with Crippen molar-refractivity contribution in [1.82, 2.24) is 0 Å². The van der Waals surface area contributed by atoms with E-state index in [2.05, 4.69) is 12.3 Å². The van der Waals surface area contributed by atoms with Crippen LogP contribution >= 0.6 is 7.14 Å². The quantitative estimate of drug-likeness (QED) is 0.603. The third-order valence-corrected chi connectivity index (χ3v) is 6.44. The number of hydrogen-bond acceptors (Lipinski definition) is 1. The predicted octanol–water partition coefficient (Wildman–Crippen LogP) is 4.08. The smallest absolute Gasteiger partial charge is 0.174 e. The fourth-order valence-electron chi connectivity index (χ4n) is 2.20. The molecule has 2 aromatic rings. The van der Waals surface area contributed by atoms with E-state index >= 15 is 0 Å². The lowest BCUT2D eigenvalue weighted by molar-refractivity contribution is 0.590. The van der Waals surface area contributed by atoms with Crippen molar-refractivity contribution < 1.29 is 4.57 Å². The van der Waals surface area contributed by atoms with Crippen LogP contribution in [-0.4, -0.2) is 0 Å². The van der Waals surface area contributed by atoms with Gasteiger partial charge >= 0.3 is 0 Å². The highest BCUT2D eigenvalue weighted by Gasteiger charge is 2.30. The highest BCUT2D eigenvalue weighted by Crippen LogP contribution is 2.52. The van der Waals surface area contributed by atoms with Crippen LogP contribution in [0, 0.1) is 0 Å². The maximum Gasteiger partial charge on any atom is 0.174 e. The highest BCUT2D eigenvalue weighted by atomic mass is 31.2. The van der Waals surface area contributed by atoms with E-state index in [0.717, 1.165) is 15.9 Å². The zero-order valence-corrected chi connectivity index (χ0v) is 11.9. The molecule has 0 N–H and O–H groups in total. The Morgan fingerprint density at radius 2 is 1.42 bits per heavy atom. The molecular formula is C17H17OP. The molecule has 0 bridgehead atoms. The first-order valence-corrected chi connectivity index (χ1v) is 8.05. The van der Waals surface area contributed by atoms with Crippen LogP contribution in [0.25, 0.3) is 0 Å². The lowest BCUT2D eigenvalue weighted by Crippen LogP contribution is -2.16. The topological polar surface area (TPSA) is 17.1 Å². The zero-order chi connectivity index (χ0) is 13.7. The SMILES string of the molecule is C=C=C(CC)P(=O)(c1ccccc1)c1ccccc1. The van der Waals surface area contributed by atoms with E-state index in [-0.39, 0.29) is 0 Å². The Kier molecular flexibility index (Phi) is 4.22. The van der Waals surface area contributed by atoms with E-state index in [0.29, 0.717) is 6.42 Å². The highest BCUT2D eigenvalue weighted by molar-refractivity contribution is 7.82. The summed E-state index contributed by atoms with van der Waals surface area (Å²) in [6.45, 7) is 5.71. The van der Waals surface area contributed by atoms with Gasteiger partial charge in [-0.15, -0.1) is 5.73 Å². The van der Waals surface area contributed by atoms with E-state index in [1.807, 2.05) is 67.6 Å². The summed E-state index contributed by atoms with van der Waals surface area (Å²) in [5.74, 6) is 0. The molecule has 0 fully saturated rings. The number of rotatable bonds is 4. The molecule has 0 atom stereocenters. The van der Waals surface area contributed by atoms with Gasteiger partial charge in [-0.3, -0.25) is 0 Å². The molecule has 0 saturated carbocycles. The van der Waals surface area contributed by atoms with Crippen molar-refractivity contribution in [3.05, 3.63) is 78.3 Å². The van der Waals surface area contributed by atoms with E-state index < -0.39 is 7.14 Å². The number of benzene rings is 2. The van der Waals surface area contributed by atoms with Crippen LogP contribution in [0.5, 0.6) is 0 Å². The summed E-state index contributed by atoms with van der Waals surface area (Å²) in [5, 5.41) is 2.47. The average Bonchev–Trinajstić information content (AvgIpc) is 2.50. The second kappa shape index (κ2) is 5.89. The third-order valence-electron chi connectivity index (χ3n) is 3.16. The minimum atomic E-state index is -2.79. The maximum absolute atomic E-state index is 13.6. The van der Waals surface area contributed by atoms with Gasteiger partial charge in [0.15, 0.2) is 7.14 Å². The number of allylic oxidation sites excluding steroid dienone is 1. The lowest BCUT2D eigenvalue weighted by atomic mass is 10.4. The van der Waals surface area contributed by atoms with Gasteiger partial charge in [0, 0.05) is 15.9 Å². The van der Waals surface area contributed by atoms with Crippen molar-refractivity contribution in [1.29, 1.82) is 0 Å². The van der Waals surface area contributed by atoms with Crippen molar-refractivity contribution in [3.8, 4) is 0 Å². The van der Waals surface area contributed by atoms with Gasteiger partial charge < -0.3 is 4.57 Å². The molecule has 2 heteroatoms. The third kappa shape index (κ3) is 2.49. The summed E-state index contributed by atoms with van der Waals surface area (Å²) in [5.41, 5.74) is 2.89. The molecule has 0 spiro atoms. The van der Waals surface area contributed by atoms with Gasteiger partial charge in [0.05, 0.1) is 0 Å². The Labute approximate surface area is 114 Å². The summed E-state index contributed by atoms with van der Waals surface area (Å²) < 4.78 is 13.6. The van der Waals surface area contributed by atoms with Crippen LogP contribution in [0.2, 0.25) is 0 Å². The van der Waals surface area contributed by atoms with Crippen molar-refractivity contribution in [3.63, 3.8) is 0 Å². The molecule has 0 unspecified atom stereocenters. The second-order valence-corrected chi connectivity index (χ2v) is 7.05. The van der Waals surface area contributed by atoms with Gasteiger partial charge in [0.2, 0.25) is 0 Å². The molecule has 2 aromatic carbocycles. The van der Waals surface area contributed by atoms with Gasteiger partial charge in [0.1, 0.15) is 0 Å². The fraction of sp³-hybridized carbons (Fsp3) is 0.118. The molecule has 0 saturated heterocycles. The Balaban J connectivity index is 2.72. The van der Waals surface area contributed by atoms with Crippen LogP contribution in [0.3, 0.4) is 0 Å². The summed E-state index contributed by atoms with van der Waals surface area (Å²) in [4.78, 5) is 0. The summed E-state index contributed by atoms with van der Waals surface area (Å²) in [6.07, 6.45) is 0.685. The van der Waals surface area contributed by atoms with Gasteiger partial charge in [-0.2, -0.15) is 0 Å². The van der Waals surface area contributed by atoms with Crippen LogP contribution in [0.4, 0.5) is 0 Å². The Morgan fingerprint density at radius 1 is 1.00 bits per heavy atom. The van der Waals surface area contributed by atoms with Crippen molar-refractivity contribution in [2.75, 3.05) is 0 Å². The van der Waals surface area contributed by atoms with Gasteiger partial charge in [-0.1, -0.05) is 74.2 Å².